The smallest absolute Gasteiger partial charge is 0.323 e. The van der Waals surface area contributed by atoms with Crippen LogP contribution in [0.25, 0.3) is 0 Å². The number of aromatic nitrogens is 2. The predicted molar refractivity (Wildman–Crippen MR) is 77.6 cm³/mol. The van der Waals surface area contributed by atoms with Crippen LogP contribution in [0.2, 0.25) is 0 Å². The van der Waals surface area contributed by atoms with E-state index < -0.39 is 11.5 Å². The van der Waals surface area contributed by atoms with Gasteiger partial charge in [0.05, 0.1) is 10.7 Å². The number of nitrogens with one attached hydrogen (secondary N) is 1. The van der Waals surface area contributed by atoms with Crippen molar-refractivity contribution in [3.63, 3.8) is 0 Å². The van der Waals surface area contributed by atoms with Crippen molar-refractivity contribution in [2.24, 2.45) is 7.05 Å². The fraction of sp³-hybridized carbons (Fsp3) is 0.692. The number of carboxylic acids is 1. The van der Waals surface area contributed by atoms with Crippen LogP contribution >= 0.6 is 11.8 Å². The molecule has 0 spiro atoms. The topological polar surface area (TPSA) is 67.2 Å². The second-order valence-electron chi connectivity index (χ2n) is 5.28. The van der Waals surface area contributed by atoms with Crippen LogP contribution in [-0.4, -0.2) is 38.2 Å². The number of hydrogen-bond acceptors (Lipinski definition) is 4. The first-order valence-electron chi connectivity index (χ1n) is 6.39. The highest BCUT2D eigenvalue weighted by Crippen LogP contribution is 2.22. The summed E-state index contributed by atoms with van der Waals surface area (Å²) in [5.41, 5.74) is 0.0979. The van der Waals surface area contributed by atoms with Crippen LogP contribution in [0.1, 0.15) is 32.9 Å². The number of rotatable bonds is 7. The molecule has 1 rings (SSSR count). The van der Waals surface area contributed by atoms with Gasteiger partial charge in [0.1, 0.15) is 5.54 Å². The molecule has 2 N–H and O–H groups in total. The Hall–Kier alpha value is -1.01. The van der Waals surface area contributed by atoms with Crippen molar-refractivity contribution in [3.8, 4) is 0 Å². The van der Waals surface area contributed by atoms with Crippen LogP contribution in [0.3, 0.4) is 0 Å². The zero-order valence-electron chi connectivity index (χ0n) is 12.2. The molecule has 0 saturated heterocycles. The molecule has 19 heavy (non-hydrogen) atoms. The maximum atomic E-state index is 11.4. The Morgan fingerprint density at radius 2 is 2.26 bits per heavy atom. The van der Waals surface area contributed by atoms with Crippen molar-refractivity contribution in [1.82, 2.24) is 15.1 Å². The van der Waals surface area contributed by atoms with Gasteiger partial charge < -0.3 is 5.11 Å². The third kappa shape index (κ3) is 4.54. The summed E-state index contributed by atoms with van der Waals surface area (Å²) in [5, 5.41) is 17.8. The summed E-state index contributed by atoms with van der Waals surface area (Å²) in [6.45, 7) is 7.60. The van der Waals surface area contributed by atoms with Gasteiger partial charge in [-0.3, -0.25) is 14.8 Å². The lowest BCUT2D eigenvalue weighted by atomic mass is 9.98. The van der Waals surface area contributed by atoms with E-state index in [1.165, 1.54) is 0 Å². The van der Waals surface area contributed by atoms with Crippen LogP contribution in [0.4, 0.5) is 0 Å². The molecule has 6 heteroatoms. The number of aliphatic carboxylic acids is 1. The van der Waals surface area contributed by atoms with Gasteiger partial charge in [-0.05, 0) is 40.2 Å². The van der Waals surface area contributed by atoms with Gasteiger partial charge in [-0.25, -0.2) is 0 Å². The van der Waals surface area contributed by atoms with Gasteiger partial charge in [-0.1, -0.05) is 0 Å². The Morgan fingerprint density at radius 1 is 1.63 bits per heavy atom. The molecule has 0 aliphatic rings. The van der Waals surface area contributed by atoms with Gasteiger partial charge in [0.2, 0.25) is 0 Å². The highest BCUT2D eigenvalue weighted by Gasteiger charge is 2.32. The Kier molecular flexibility index (Phi) is 5.43. The van der Waals surface area contributed by atoms with E-state index in [4.69, 9.17) is 0 Å². The first-order chi connectivity index (χ1) is 8.74. The maximum absolute atomic E-state index is 11.4. The quantitative estimate of drug-likeness (QED) is 0.751. The molecule has 1 heterocycles. The summed E-state index contributed by atoms with van der Waals surface area (Å²) in [6.07, 6.45) is 0.565. The molecule has 1 aromatic heterocycles. The number of aryl methyl sites for hydroxylation is 2. The molecule has 0 saturated carbocycles. The number of thioether (sulfide) groups is 1. The van der Waals surface area contributed by atoms with Crippen molar-refractivity contribution in [1.29, 1.82) is 0 Å². The number of carbonyl (C=O) groups is 1. The molecule has 0 aromatic carbocycles. The largest absolute Gasteiger partial charge is 0.480 e. The van der Waals surface area contributed by atoms with Gasteiger partial charge in [-0.2, -0.15) is 5.10 Å². The van der Waals surface area contributed by atoms with E-state index in [0.29, 0.717) is 6.42 Å². The molecular formula is C13H23N3O2S. The number of hydrogen-bond donors (Lipinski definition) is 2. The second-order valence-corrected chi connectivity index (χ2v) is 6.40. The van der Waals surface area contributed by atoms with E-state index in [9.17, 15) is 9.90 Å². The van der Waals surface area contributed by atoms with Gasteiger partial charge in [0, 0.05) is 18.8 Å². The summed E-state index contributed by atoms with van der Waals surface area (Å²) in [4.78, 5) is 11.4. The molecule has 1 unspecified atom stereocenters. The predicted octanol–water partition coefficient (Wildman–Crippen LogP) is 2.05. The van der Waals surface area contributed by atoms with Gasteiger partial charge in [-0.15, -0.1) is 11.8 Å². The Bertz CT molecular complexity index is 445. The Balaban J connectivity index is 2.58. The summed E-state index contributed by atoms with van der Waals surface area (Å²) >= 11 is 1.64. The van der Waals surface area contributed by atoms with E-state index in [1.54, 1.807) is 18.7 Å². The highest BCUT2D eigenvalue weighted by atomic mass is 32.2. The third-order valence-corrected chi connectivity index (χ3v) is 3.98. The Morgan fingerprint density at radius 3 is 2.68 bits per heavy atom. The molecule has 0 aliphatic heterocycles. The van der Waals surface area contributed by atoms with Crippen LogP contribution in [0, 0.1) is 6.92 Å². The zero-order chi connectivity index (χ0) is 14.6. The summed E-state index contributed by atoms with van der Waals surface area (Å²) < 4.78 is 1.83. The fourth-order valence-electron chi connectivity index (χ4n) is 1.96. The lowest BCUT2D eigenvalue weighted by Crippen LogP contribution is -2.52. The second kappa shape index (κ2) is 6.43. The van der Waals surface area contributed by atoms with E-state index in [2.05, 4.69) is 10.4 Å². The molecule has 0 fully saturated rings. The number of nitrogens with zero attached hydrogens (tertiary/aromatic N) is 2. The first-order valence-corrected chi connectivity index (χ1v) is 7.37. The molecule has 1 atom stereocenters. The highest BCUT2D eigenvalue weighted by molar-refractivity contribution is 7.99. The standard InChI is InChI=1S/C13H23N3O2S/c1-9(2)14-13(4,12(17)18)6-7-19-11-8-10(3)15-16(11)5/h8-9,14H,6-7H2,1-5H3,(H,17,18). The zero-order valence-corrected chi connectivity index (χ0v) is 13.0. The minimum absolute atomic E-state index is 0.144. The van der Waals surface area contributed by atoms with Crippen LogP contribution < -0.4 is 5.32 Å². The average Bonchev–Trinajstić information content (AvgIpc) is 2.56. The summed E-state index contributed by atoms with van der Waals surface area (Å²) in [7, 11) is 1.90. The molecular weight excluding hydrogens is 262 g/mol. The first kappa shape index (κ1) is 16.0. The van der Waals surface area contributed by atoms with Crippen LogP contribution in [0.5, 0.6) is 0 Å². The minimum atomic E-state index is -0.880. The monoisotopic (exact) mass is 285 g/mol. The maximum Gasteiger partial charge on any atom is 0.323 e. The van der Waals surface area contributed by atoms with Crippen molar-refractivity contribution in [2.45, 2.75) is 50.7 Å². The molecule has 0 bridgehead atoms. The van der Waals surface area contributed by atoms with E-state index in [-0.39, 0.29) is 6.04 Å². The van der Waals surface area contributed by atoms with E-state index in [0.717, 1.165) is 16.5 Å². The average molecular weight is 285 g/mol. The van der Waals surface area contributed by atoms with Crippen molar-refractivity contribution in [2.75, 3.05) is 5.75 Å². The molecule has 0 radical (unpaired) electrons. The minimum Gasteiger partial charge on any atom is -0.480 e. The summed E-state index contributed by atoms with van der Waals surface area (Å²) in [6, 6.07) is 2.16. The SMILES string of the molecule is Cc1cc(SCCC(C)(NC(C)C)C(=O)O)n(C)n1. The van der Waals surface area contributed by atoms with Gasteiger partial charge in [0.15, 0.2) is 0 Å². The fourth-order valence-corrected chi connectivity index (χ4v) is 3.16. The van der Waals surface area contributed by atoms with E-state index >= 15 is 0 Å². The van der Waals surface area contributed by atoms with Crippen molar-refractivity contribution < 1.29 is 9.90 Å². The molecule has 5 nitrogen and oxygen atoms in total. The van der Waals surface area contributed by atoms with Crippen LogP contribution in [-0.2, 0) is 11.8 Å². The van der Waals surface area contributed by atoms with Crippen molar-refractivity contribution >= 4 is 17.7 Å². The third-order valence-electron chi connectivity index (χ3n) is 2.89. The lowest BCUT2D eigenvalue weighted by Gasteiger charge is -2.28. The number of carboxylic acid groups (broad SMARTS) is 1. The van der Waals surface area contributed by atoms with E-state index in [1.807, 2.05) is 38.6 Å². The van der Waals surface area contributed by atoms with Gasteiger partial charge in [0.25, 0.3) is 0 Å². The van der Waals surface area contributed by atoms with Crippen molar-refractivity contribution in [3.05, 3.63) is 11.8 Å². The lowest BCUT2D eigenvalue weighted by molar-refractivity contribution is -0.144. The molecule has 0 aliphatic carbocycles. The normalized spacial score (nSPS) is 14.6. The Labute approximate surface area is 118 Å². The molecule has 1 aromatic rings. The summed E-state index contributed by atoms with van der Waals surface area (Å²) in [5.74, 6) is -0.0652. The molecule has 0 amide bonds. The van der Waals surface area contributed by atoms with Crippen LogP contribution in [0.15, 0.2) is 11.1 Å². The molecule has 108 valence electrons. The van der Waals surface area contributed by atoms with Gasteiger partial charge >= 0.3 is 5.97 Å².